The first kappa shape index (κ1) is 14.1. The number of fused-ring (bicyclic) bond motifs is 1. The van der Waals surface area contributed by atoms with E-state index in [1.54, 1.807) is 12.1 Å². The molecule has 0 saturated heterocycles. The molecule has 1 aromatic heterocycles. The highest BCUT2D eigenvalue weighted by Crippen LogP contribution is 2.24. The smallest absolute Gasteiger partial charge is 0.258 e. The lowest BCUT2D eigenvalue weighted by atomic mass is 9.95. The van der Waals surface area contributed by atoms with Crippen molar-refractivity contribution in [2.45, 2.75) is 38.1 Å². The Balaban J connectivity index is 1.95. The summed E-state index contributed by atoms with van der Waals surface area (Å²) in [5.74, 6) is -0.327. The van der Waals surface area contributed by atoms with Gasteiger partial charge in [-0.3, -0.25) is 9.59 Å². The number of nitrogen functional groups attached to an aromatic ring is 1. The SMILES string of the molecule is Nc1sc2ccccc2c(=O)c1C(=O)NC1CCCCC1. The van der Waals surface area contributed by atoms with E-state index in [-0.39, 0.29) is 22.9 Å². The van der Waals surface area contributed by atoms with Gasteiger partial charge in [0.15, 0.2) is 0 Å². The lowest BCUT2D eigenvalue weighted by molar-refractivity contribution is 0.0928. The molecule has 5 heteroatoms. The summed E-state index contributed by atoms with van der Waals surface area (Å²) in [5, 5.41) is 3.83. The number of benzene rings is 1. The number of nitrogens with two attached hydrogens (primary N) is 1. The topological polar surface area (TPSA) is 72.2 Å². The van der Waals surface area contributed by atoms with Crippen LogP contribution in [0.2, 0.25) is 0 Å². The molecule has 110 valence electrons. The molecule has 1 aliphatic rings. The highest BCUT2D eigenvalue weighted by Gasteiger charge is 2.21. The minimum Gasteiger partial charge on any atom is -0.390 e. The molecule has 3 N–H and O–H groups in total. The molecule has 1 aliphatic carbocycles. The van der Waals surface area contributed by atoms with Crippen LogP contribution in [0.5, 0.6) is 0 Å². The molecule has 0 radical (unpaired) electrons. The number of hydrogen-bond acceptors (Lipinski definition) is 4. The summed E-state index contributed by atoms with van der Waals surface area (Å²) >= 11 is 1.29. The van der Waals surface area contributed by atoms with Crippen LogP contribution in [0.3, 0.4) is 0 Å². The van der Waals surface area contributed by atoms with E-state index < -0.39 is 0 Å². The van der Waals surface area contributed by atoms with E-state index in [4.69, 9.17) is 5.73 Å². The average molecular weight is 302 g/mol. The maximum Gasteiger partial charge on any atom is 0.258 e. The number of carbonyl (C=O) groups excluding carboxylic acids is 1. The second kappa shape index (κ2) is 5.85. The average Bonchev–Trinajstić information content (AvgIpc) is 2.48. The molecule has 1 saturated carbocycles. The second-order valence-corrected chi connectivity index (χ2v) is 6.56. The van der Waals surface area contributed by atoms with E-state index in [1.807, 2.05) is 12.1 Å². The van der Waals surface area contributed by atoms with Crippen molar-refractivity contribution in [1.29, 1.82) is 0 Å². The fraction of sp³-hybridized carbons (Fsp3) is 0.375. The Hall–Kier alpha value is -1.88. The molecule has 1 aromatic carbocycles. The molecule has 0 bridgehead atoms. The van der Waals surface area contributed by atoms with Crippen molar-refractivity contribution in [3.63, 3.8) is 0 Å². The molecule has 1 amide bonds. The van der Waals surface area contributed by atoms with Crippen LogP contribution in [0, 0.1) is 0 Å². The maximum atomic E-state index is 12.5. The van der Waals surface area contributed by atoms with Crippen LogP contribution in [0.1, 0.15) is 42.5 Å². The Morgan fingerprint density at radius 3 is 2.67 bits per heavy atom. The van der Waals surface area contributed by atoms with Crippen LogP contribution in [-0.4, -0.2) is 11.9 Å². The van der Waals surface area contributed by atoms with Crippen molar-refractivity contribution in [2.24, 2.45) is 0 Å². The monoisotopic (exact) mass is 302 g/mol. The number of hydrogen-bond donors (Lipinski definition) is 2. The Kier molecular flexibility index (Phi) is 3.92. The van der Waals surface area contributed by atoms with Crippen molar-refractivity contribution >= 4 is 32.3 Å². The summed E-state index contributed by atoms with van der Waals surface area (Å²) in [6, 6.07) is 7.42. The Bertz CT molecular complexity index is 733. The second-order valence-electron chi connectivity index (χ2n) is 5.47. The van der Waals surface area contributed by atoms with Gasteiger partial charge >= 0.3 is 0 Å². The van der Waals surface area contributed by atoms with Gasteiger partial charge in [0.1, 0.15) is 10.6 Å². The predicted octanol–water partition coefficient (Wildman–Crippen LogP) is 2.91. The van der Waals surface area contributed by atoms with E-state index in [1.165, 1.54) is 17.8 Å². The van der Waals surface area contributed by atoms with Crippen LogP contribution < -0.4 is 16.5 Å². The molecule has 0 aliphatic heterocycles. The first-order valence-electron chi connectivity index (χ1n) is 7.29. The summed E-state index contributed by atoms with van der Waals surface area (Å²) in [4.78, 5) is 24.9. The summed E-state index contributed by atoms with van der Waals surface area (Å²) < 4.78 is 0.814. The third-order valence-corrected chi connectivity index (χ3v) is 4.99. The lowest BCUT2D eigenvalue weighted by Crippen LogP contribution is -2.38. The summed E-state index contributed by atoms with van der Waals surface area (Å²) in [6.07, 6.45) is 5.45. The van der Waals surface area contributed by atoms with Gasteiger partial charge in [0, 0.05) is 16.1 Å². The van der Waals surface area contributed by atoms with Gasteiger partial charge < -0.3 is 11.1 Å². The zero-order valence-electron chi connectivity index (χ0n) is 11.7. The van der Waals surface area contributed by atoms with Crippen LogP contribution >= 0.6 is 11.3 Å². The minimum absolute atomic E-state index is 0.101. The molecule has 4 nitrogen and oxygen atoms in total. The largest absolute Gasteiger partial charge is 0.390 e. The quantitative estimate of drug-likeness (QED) is 0.896. The molecule has 0 unspecified atom stereocenters. The van der Waals surface area contributed by atoms with Crippen molar-refractivity contribution in [3.05, 3.63) is 40.1 Å². The van der Waals surface area contributed by atoms with E-state index in [9.17, 15) is 9.59 Å². The molecule has 0 atom stereocenters. The van der Waals surface area contributed by atoms with Crippen LogP contribution in [0.25, 0.3) is 10.1 Å². The zero-order chi connectivity index (χ0) is 14.8. The Morgan fingerprint density at radius 2 is 1.90 bits per heavy atom. The maximum absolute atomic E-state index is 12.5. The minimum atomic E-state index is -0.327. The number of rotatable bonds is 2. The molecule has 1 heterocycles. The molecular formula is C16H18N2O2S. The van der Waals surface area contributed by atoms with Gasteiger partial charge in [-0.15, -0.1) is 11.3 Å². The predicted molar refractivity (Wildman–Crippen MR) is 86.8 cm³/mol. The lowest BCUT2D eigenvalue weighted by Gasteiger charge is -2.22. The van der Waals surface area contributed by atoms with Crippen molar-refractivity contribution in [2.75, 3.05) is 5.73 Å². The van der Waals surface area contributed by atoms with E-state index in [0.29, 0.717) is 10.4 Å². The molecule has 3 rings (SSSR count). The first-order valence-corrected chi connectivity index (χ1v) is 8.10. The zero-order valence-corrected chi connectivity index (χ0v) is 12.5. The normalized spacial score (nSPS) is 16.0. The Morgan fingerprint density at radius 1 is 1.19 bits per heavy atom. The van der Waals surface area contributed by atoms with Crippen LogP contribution in [0.4, 0.5) is 5.00 Å². The van der Waals surface area contributed by atoms with Crippen LogP contribution in [0.15, 0.2) is 29.1 Å². The van der Waals surface area contributed by atoms with Gasteiger partial charge in [-0.25, -0.2) is 0 Å². The number of carbonyl (C=O) groups is 1. The van der Waals surface area contributed by atoms with E-state index in [2.05, 4.69) is 5.32 Å². The summed E-state index contributed by atoms with van der Waals surface area (Å²) in [7, 11) is 0. The standard InChI is InChI=1S/C16H18N2O2S/c17-15-13(16(20)18-10-6-2-1-3-7-10)14(19)11-8-4-5-9-12(11)21-15/h4-5,8-10H,1-3,6-7,17H2,(H,18,20). The highest BCUT2D eigenvalue weighted by molar-refractivity contribution is 7.22. The van der Waals surface area contributed by atoms with Gasteiger partial charge in [0.2, 0.25) is 5.43 Å². The molecule has 1 fully saturated rings. The molecule has 2 aromatic rings. The summed E-state index contributed by atoms with van der Waals surface area (Å²) in [5.41, 5.74) is 5.78. The van der Waals surface area contributed by atoms with Gasteiger partial charge in [-0.05, 0) is 25.0 Å². The number of amides is 1. The van der Waals surface area contributed by atoms with Crippen LogP contribution in [-0.2, 0) is 0 Å². The van der Waals surface area contributed by atoms with E-state index in [0.717, 1.165) is 30.4 Å². The molecule has 21 heavy (non-hydrogen) atoms. The summed E-state index contributed by atoms with van der Waals surface area (Å²) in [6.45, 7) is 0. The Labute approximate surface area is 127 Å². The molecule has 0 spiro atoms. The van der Waals surface area contributed by atoms with Gasteiger partial charge in [0.05, 0.1) is 0 Å². The third kappa shape index (κ3) is 2.78. The highest BCUT2D eigenvalue weighted by atomic mass is 32.1. The van der Waals surface area contributed by atoms with Gasteiger partial charge in [0.25, 0.3) is 5.91 Å². The fourth-order valence-corrected chi connectivity index (χ4v) is 3.82. The van der Waals surface area contributed by atoms with Gasteiger partial charge in [-0.2, -0.15) is 0 Å². The third-order valence-electron chi connectivity index (χ3n) is 3.99. The fourth-order valence-electron chi connectivity index (χ4n) is 2.88. The number of nitrogens with one attached hydrogen (secondary N) is 1. The van der Waals surface area contributed by atoms with E-state index >= 15 is 0 Å². The van der Waals surface area contributed by atoms with Crippen molar-refractivity contribution < 1.29 is 4.79 Å². The van der Waals surface area contributed by atoms with Gasteiger partial charge in [-0.1, -0.05) is 31.4 Å². The number of anilines is 1. The first-order chi connectivity index (χ1) is 10.2. The van der Waals surface area contributed by atoms with Crippen molar-refractivity contribution in [3.8, 4) is 0 Å². The molecular weight excluding hydrogens is 284 g/mol. The van der Waals surface area contributed by atoms with Crippen molar-refractivity contribution in [1.82, 2.24) is 5.32 Å².